The third-order valence-corrected chi connectivity index (χ3v) is 3.40. The first-order valence-corrected chi connectivity index (χ1v) is 6.15. The highest BCUT2D eigenvalue weighted by atomic mass is 16.5. The predicted molar refractivity (Wildman–Crippen MR) is 64.3 cm³/mol. The highest BCUT2D eigenvalue weighted by Crippen LogP contribution is 2.38. The first-order valence-electron chi connectivity index (χ1n) is 6.15. The molecule has 88 valence electrons. The zero-order chi connectivity index (χ0) is 11.4. The summed E-state index contributed by atoms with van der Waals surface area (Å²) >= 11 is 0. The van der Waals surface area contributed by atoms with Crippen molar-refractivity contribution >= 4 is 0 Å². The topological polar surface area (TPSA) is 29.5 Å². The summed E-state index contributed by atoms with van der Waals surface area (Å²) in [5.74, 6) is 0.725. The highest BCUT2D eigenvalue weighted by Gasteiger charge is 2.22. The van der Waals surface area contributed by atoms with Crippen molar-refractivity contribution in [2.24, 2.45) is 0 Å². The van der Waals surface area contributed by atoms with Crippen LogP contribution in [0.5, 0.6) is 0 Å². The summed E-state index contributed by atoms with van der Waals surface area (Å²) in [6.07, 6.45) is 3.95. The summed E-state index contributed by atoms with van der Waals surface area (Å²) in [6.45, 7) is 3.55. The quantitative estimate of drug-likeness (QED) is 0.826. The van der Waals surface area contributed by atoms with Crippen molar-refractivity contribution in [2.75, 3.05) is 6.61 Å². The number of rotatable bonds is 5. The molecule has 2 rings (SSSR count). The van der Waals surface area contributed by atoms with Crippen molar-refractivity contribution in [1.82, 2.24) is 0 Å². The Morgan fingerprint density at radius 2 is 2.19 bits per heavy atom. The van der Waals surface area contributed by atoms with E-state index in [0.717, 1.165) is 18.1 Å². The van der Waals surface area contributed by atoms with Crippen molar-refractivity contribution in [1.29, 1.82) is 0 Å². The zero-order valence-electron chi connectivity index (χ0n) is 9.91. The van der Waals surface area contributed by atoms with E-state index in [1.807, 2.05) is 13.0 Å². The molecule has 0 heterocycles. The molecule has 0 radical (unpaired) electrons. The second-order valence-electron chi connectivity index (χ2n) is 4.46. The summed E-state index contributed by atoms with van der Waals surface area (Å²) in [7, 11) is 0. The fourth-order valence-electron chi connectivity index (χ4n) is 2.21. The Labute approximate surface area is 97.3 Å². The molecule has 1 N–H and O–H groups in total. The van der Waals surface area contributed by atoms with Crippen molar-refractivity contribution in [3.63, 3.8) is 0 Å². The van der Waals surface area contributed by atoms with Gasteiger partial charge in [0, 0.05) is 6.61 Å². The lowest BCUT2D eigenvalue weighted by molar-refractivity contribution is 0.132. The smallest absolute Gasteiger partial charge is 0.0719 e. The third-order valence-electron chi connectivity index (χ3n) is 3.40. The molecule has 2 heteroatoms. The average molecular weight is 220 g/mol. The molecule has 0 aromatic heterocycles. The Morgan fingerprint density at radius 3 is 2.75 bits per heavy atom. The fraction of sp³-hybridized carbons (Fsp3) is 0.571. The van der Waals surface area contributed by atoms with Crippen molar-refractivity contribution in [3.05, 3.63) is 34.9 Å². The van der Waals surface area contributed by atoms with Crippen molar-refractivity contribution in [2.45, 2.75) is 45.3 Å². The van der Waals surface area contributed by atoms with Crippen LogP contribution < -0.4 is 0 Å². The lowest BCUT2D eigenvalue weighted by Gasteiger charge is -2.28. The number of benzene rings is 1. The van der Waals surface area contributed by atoms with Crippen LogP contribution in [0.25, 0.3) is 0 Å². The molecule has 1 fully saturated rings. The fourth-order valence-corrected chi connectivity index (χ4v) is 2.21. The summed E-state index contributed by atoms with van der Waals surface area (Å²) < 4.78 is 5.50. The Morgan fingerprint density at radius 1 is 1.38 bits per heavy atom. The van der Waals surface area contributed by atoms with Gasteiger partial charge in [0.05, 0.1) is 13.2 Å². The van der Waals surface area contributed by atoms with E-state index in [2.05, 4.69) is 12.1 Å². The second-order valence-corrected chi connectivity index (χ2v) is 4.46. The van der Waals surface area contributed by atoms with E-state index in [-0.39, 0.29) is 6.61 Å². The first-order chi connectivity index (χ1) is 7.85. The Balaban J connectivity index is 2.19. The Bertz CT molecular complexity index is 343. The van der Waals surface area contributed by atoms with E-state index < -0.39 is 0 Å². The van der Waals surface area contributed by atoms with Gasteiger partial charge in [-0.15, -0.1) is 0 Å². The van der Waals surface area contributed by atoms with Gasteiger partial charge in [0.25, 0.3) is 0 Å². The summed E-state index contributed by atoms with van der Waals surface area (Å²) in [5, 5.41) is 9.15. The minimum Gasteiger partial charge on any atom is -0.392 e. The molecule has 0 atom stereocenters. The van der Waals surface area contributed by atoms with E-state index in [4.69, 9.17) is 9.84 Å². The largest absolute Gasteiger partial charge is 0.392 e. The molecule has 1 aromatic carbocycles. The molecular weight excluding hydrogens is 200 g/mol. The van der Waals surface area contributed by atoms with Gasteiger partial charge in [-0.25, -0.2) is 0 Å². The van der Waals surface area contributed by atoms with Gasteiger partial charge < -0.3 is 9.84 Å². The molecule has 0 saturated heterocycles. The number of aliphatic hydroxyl groups excluding tert-OH is 1. The molecular formula is C14H20O2. The molecule has 0 unspecified atom stereocenters. The minimum absolute atomic E-state index is 0.115. The lowest BCUT2D eigenvalue weighted by Crippen LogP contribution is -2.12. The maximum absolute atomic E-state index is 9.15. The van der Waals surface area contributed by atoms with Crippen molar-refractivity contribution < 1.29 is 9.84 Å². The van der Waals surface area contributed by atoms with Gasteiger partial charge in [0.15, 0.2) is 0 Å². The van der Waals surface area contributed by atoms with Crippen LogP contribution in [-0.2, 0) is 18.0 Å². The molecule has 0 spiro atoms. The van der Waals surface area contributed by atoms with Crippen molar-refractivity contribution in [3.8, 4) is 0 Å². The summed E-state index contributed by atoms with van der Waals surface area (Å²) in [6, 6.07) is 6.29. The Kier molecular flexibility index (Phi) is 3.97. The van der Waals surface area contributed by atoms with E-state index in [1.54, 1.807) is 0 Å². The molecule has 16 heavy (non-hydrogen) atoms. The SMILES string of the molecule is CCOCc1cc(CO)ccc1C1CCC1. The van der Waals surface area contributed by atoms with Crippen LogP contribution in [0.4, 0.5) is 0 Å². The number of aliphatic hydroxyl groups is 1. The standard InChI is InChI=1S/C14H20O2/c1-2-16-10-13-8-11(9-15)6-7-14(13)12-4-3-5-12/h6-8,12,15H,2-5,9-10H2,1H3. The summed E-state index contributed by atoms with van der Waals surface area (Å²) in [4.78, 5) is 0. The second kappa shape index (κ2) is 5.46. The van der Waals surface area contributed by atoms with Crippen LogP contribution in [0.3, 0.4) is 0 Å². The minimum atomic E-state index is 0.115. The number of ether oxygens (including phenoxy) is 1. The van der Waals surface area contributed by atoms with Crippen LogP contribution >= 0.6 is 0 Å². The van der Waals surface area contributed by atoms with Gasteiger partial charge in [-0.2, -0.15) is 0 Å². The van der Waals surface area contributed by atoms with Crippen LogP contribution in [-0.4, -0.2) is 11.7 Å². The van der Waals surface area contributed by atoms with Gasteiger partial charge in [-0.3, -0.25) is 0 Å². The molecule has 1 aliphatic rings. The number of hydrogen-bond donors (Lipinski definition) is 1. The highest BCUT2D eigenvalue weighted by molar-refractivity contribution is 5.35. The zero-order valence-corrected chi connectivity index (χ0v) is 9.91. The van der Waals surface area contributed by atoms with Gasteiger partial charge in [0.1, 0.15) is 0 Å². The molecule has 1 aliphatic carbocycles. The van der Waals surface area contributed by atoms with Crippen LogP contribution in [0.15, 0.2) is 18.2 Å². The molecule has 0 amide bonds. The molecule has 1 saturated carbocycles. The monoisotopic (exact) mass is 220 g/mol. The maximum Gasteiger partial charge on any atom is 0.0719 e. The van der Waals surface area contributed by atoms with E-state index in [1.165, 1.54) is 30.4 Å². The van der Waals surface area contributed by atoms with Gasteiger partial charge in [-0.05, 0) is 42.4 Å². The number of hydrogen-bond acceptors (Lipinski definition) is 2. The van der Waals surface area contributed by atoms with Crippen LogP contribution in [0.1, 0.15) is 48.8 Å². The van der Waals surface area contributed by atoms with Crippen LogP contribution in [0.2, 0.25) is 0 Å². The van der Waals surface area contributed by atoms with E-state index >= 15 is 0 Å². The van der Waals surface area contributed by atoms with E-state index in [0.29, 0.717) is 6.61 Å². The summed E-state index contributed by atoms with van der Waals surface area (Å²) in [5.41, 5.74) is 3.67. The molecule has 0 bridgehead atoms. The molecule has 0 aliphatic heterocycles. The Hall–Kier alpha value is -0.860. The van der Waals surface area contributed by atoms with Crippen LogP contribution in [0, 0.1) is 0 Å². The third kappa shape index (κ3) is 2.45. The molecule has 1 aromatic rings. The van der Waals surface area contributed by atoms with E-state index in [9.17, 15) is 0 Å². The van der Waals surface area contributed by atoms with Gasteiger partial charge >= 0.3 is 0 Å². The average Bonchev–Trinajstić information content (AvgIpc) is 2.25. The predicted octanol–water partition coefficient (Wildman–Crippen LogP) is 2.98. The van der Waals surface area contributed by atoms with Gasteiger partial charge in [0.2, 0.25) is 0 Å². The molecule has 2 nitrogen and oxygen atoms in total. The lowest BCUT2D eigenvalue weighted by atomic mass is 9.78. The normalized spacial score (nSPS) is 16.1. The maximum atomic E-state index is 9.15. The first kappa shape index (κ1) is 11.6. The van der Waals surface area contributed by atoms with Gasteiger partial charge in [-0.1, -0.05) is 24.6 Å².